The summed E-state index contributed by atoms with van der Waals surface area (Å²) in [6.07, 6.45) is 6.02. The standard InChI is InChI=1S/C27H33BrClFN6O2/c28-19-4-5-22(21(29)14-19)34-26-20(24(37)16-33-38-13-6-18-2-3-18)15-23-27(25(26)30)32-17-36(23)10-1-9-35-11-7-31-8-12-35/h4-5,14-15,17-18,31,33-34H,1-3,6-13,16H2. The summed E-state index contributed by atoms with van der Waals surface area (Å²) < 4.78 is 18.7. The summed E-state index contributed by atoms with van der Waals surface area (Å²) in [4.78, 5) is 25.6. The molecule has 2 fully saturated rings. The molecule has 1 aliphatic heterocycles. The topological polar surface area (TPSA) is 83.5 Å². The molecule has 3 aromatic rings. The van der Waals surface area contributed by atoms with E-state index in [0.717, 1.165) is 56.0 Å². The zero-order valence-electron chi connectivity index (χ0n) is 21.2. The first kappa shape index (κ1) is 27.5. The van der Waals surface area contributed by atoms with Gasteiger partial charge in [0.05, 0.1) is 41.4 Å². The molecule has 38 heavy (non-hydrogen) atoms. The molecular weight excluding hydrogens is 575 g/mol. The van der Waals surface area contributed by atoms with E-state index < -0.39 is 5.82 Å². The molecule has 0 unspecified atom stereocenters. The van der Waals surface area contributed by atoms with Crippen molar-refractivity contribution in [2.24, 2.45) is 5.92 Å². The average molecular weight is 608 g/mol. The number of nitrogens with one attached hydrogen (secondary N) is 3. The Balaban J connectivity index is 1.37. The van der Waals surface area contributed by atoms with Gasteiger partial charge in [-0.15, -0.1) is 0 Å². The van der Waals surface area contributed by atoms with Crippen LogP contribution in [0.25, 0.3) is 11.0 Å². The molecule has 0 radical (unpaired) electrons. The van der Waals surface area contributed by atoms with E-state index in [4.69, 9.17) is 16.4 Å². The number of nitrogens with zero attached hydrogens (tertiary/aromatic N) is 3. The van der Waals surface area contributed by atoms with Crippen LogP contribution >= 0.6 is 27.5 Å². The lowest BCUT2D eigenvalue weighted by Crippen LogP contribution is -2.43. The van der Waals surface area contributed by atoms with Crippen molar-refractivity contribution >= 4 is 55.7 Å². The molecule has 2 heterocycles. The van der Waals surface area contributed by atoms with Gasteiger partial charge in [-0.2, -0.15) is 5.48 Å². The van der Waals surface area contributed by atoms with Crippen LogP contribution in [0.3, 0.4) is 0 Å². The highest BCUT2D eigenvalue weighted by Gasteiger charge is 2.23. The highest BCUT2D eigenvalue weighted by atomic mass is 79.9. The molecule has 11 heteroatoms. The Hall–Kier alpha value is -2.08. The number of ketones is 1. The first-order valence-electron chi connectivity index (χ1n) is 13.2. The average Bonchev–Trinajstić information content (AvgIpc) is 3.65. The van der Waals surface area contributed by atoms with Crippen molar-refractivity contribution in [3.05, 3.63) is 51.5 Å². The molecule has 3 N–H and O–H groups in total. The normalized spacial score (nSPS) is 16.3. The van der Waals surface area contributed by atoms with Gasteiger partial charge in [0.15, 0.2) is 11.6 Å². The number of carbonyl (C=O) groups excluding carboxylic acids is 1. The van der Waals surface area contributed by atoms with Gasteiger partial charge in [-0.1, -0.05) is 40.4 Å². The maximum Gasteiger partial charge on any atom is 0.181 e. The number of imidazole rings is 1. The molecule has 1 aromatic heterocycles. The van der Waals surface area contributed by atoms with Gasteiger partial charge in [0.2, 0.25) is 0 Å². The molecule has 0 atom stereocenters. The molecule has 1 saturated carbocycles. The van der Waals surface area contributed by atoms with Crippen molar-refractivity contribution in [3.63, 3.8) is 0 Å². The number of hydroxylamine groups is 1. The van der Waals surface area contributed by atoms with E-state index in [1.165, 1.54) is 12.8 Å². The number of benzene rings is 2. The summed E-state index contributed by atoms with van der Waals surface area (Å²) in [5.74, 6) is -0.135. The minimum atomic E-state index is -0.583. The number of halogens is 3. The summed E-state index contributed by atoms with van der Waals surface area (Å²) in [6, 6.07) is 6.97. The van der Waals surface area contributed by atoms with Crippen molar-refractivity contribution < 1.29 is 14.0 Å². The van der Waals surface area contributed by atoms with E-state index in [9.17, 15) is 4.79 Å². The fourth-order valence-corrected chi connectivity index (χ4v) is 5.44. The minimum Gasteiger partial charge on any atom is -0.351 e. The largest absolute Gasteiger partial charge is 0.351 e. The third-order valence-corrected chi connectivity index (χ3v) is 7.90. The number of aromatic nitrogens is 2. The molecule has 2 aromatic carbocycles. The Morgan fingerprint density at radius 1 is 1.24 bits per heavy atom. The maximum absolute atomic E-state index is 15.9. The molecule has 0 amide bonds. The van der Waals surface area contributed by atoms with Crippen LogP contribution in [0.5, 0.6) is 0 Å². The summed E-state index contributed by atoms with van der Waals surface area (Å²) in [7, 11) is 0. The van der Waals surface area contributed by atoms with Crippen molar-refractivity contribution in [1.29, 1.82) is 0 Å². The number of piperazine rings is 1. The van der Waals surface area contributed by atoms with E-state index in [0.29, 0.717) is 29.4 Å². The van der Waals surface area contributed by atoms with E-state index in [2.05, 4.69) is 41.9 Å². The van der Waals surface area contributed by atoms with Crippen LogP contribution in [0.1, 0.15) is 36.0 Å². The fraction of sp³-hybridized carbons (Fsp3) is 0.481. The minimum absolute atomic E-state index is 0.0533. The molecule has 1 saturated heterocycles. The molecule has 8 nitrogen and oxygen atoms in total. The van der Waals surface area contributed by atoms with Crippen LogP contribution in [-0.4, -0.2) is 66.1 Å². The number of hydrogen-bond acceptors (Lipinski definition) is 7. The van der Waals surface area contributed by atoms with E-state index in [1.54, 1.807) is 30.6 Å². The van der Waals surface area contributed by atoms with Crippen LogP contribution in [0, 0.1) is 11.7 Å². The van der Waals surface area contributed by atoms with Crippen LogP contribution in [-0.2, 0) is 11.4 Å². The highest BCUT2D eigenvalue weighted by molar-refractivity contribution is 9.10. The van der Waals surface area contributed by atoms with Gasteiger partial charge < -0.3 is 24.9 Å². The monoisotopic (exact) mass is 606 g/mol. The van der Waals surface area contributed by atoms with E-state index >= 15 is 4.39 Å². The van der Waals surface area contributed by atoms with Crippen LogP contribution in [0.2, 0.25) is 5.02 Å². The third-order valence-electron chi connectivity index (χ3n) is 7.09. The Kier molecular flexibility index (Phi) is 9.29. The Morgan fingerprint density at radius 2 is 2.05 bits per heavy atom. The van der Waals surface area contributed by atoms with Gasteiger partial charge in [-0.05, 0) is 49.6 Å². The van der Waals surface area contributed by atoms with Crippen LogP contribution < -0.4 is 16.1 Å². The molecule has 0 spiro atoms. The Bertz CT molecular complexity index is 1280. The van der Waals surface area contributed by atoms with Crippen molar-refractivity contribution in [2.45, 2.75) is 32.2 Å². The molecule has 0 bridgehead atoms. The van der Waals surface area contributed by atoms with Crippen molar-refractivity contribution in [3.8, 4) is 0 Å². The van der Waals surface area contributed by atoms with Gasteiger partial charge in [0.25, 0.3) is 0 Å². The molecule has 5 rings (SSSR count). The van der Waals surface area contributed by atoms with Crippen molar-refractivity contribution in [1.82, 2.24) is 25.2 Å². The number of carbonyl (C=O) groups is 1. The number of hydrogen-bond donors (Lipinski definition) is 3. The van der Waals surface area contributed by atoms with Gasteiger partial charge in [0.1, 0.15) is 5.52 Å². The van der Waals surface area contributed by atoms with E-state index in [1.807, 2.05) is 4.57 Å². The molecular formula is C27H33BrClFN6O2. The second-order valence-corrected chi connectivity index (χ2v) is 11.3. The third kappa shape index (κ3) is 6.91. The Labute approximate surface area is 235 Å². The number of rotatable bonds is 13. The van der Waals surface area contributed by atoms with Crippen LogP contribution in [0.15, 0.2) is 35.1 Å². The lowest BCUT2D eigenvalue weighted by atomic mass is 10.1. The van der Waals surface area contributed by atoms with Crippen molar-refractivity contribution in [2.75, 3.05) is 51.2 Å². The lowest BCUT2D eigenvalue weighted by Gasteiger charge is -2.27. The molecule has 1 aliphatic carbocycles. The van der Waals surface area contributed by atoms with Crippen LogP contribution in [0.4, 0.5) is 15.8 Å². The lowest BCUT2D eigenvalue weighted by molar-refractivity contribution is 0.0365. The molecule has 2 aliphatic rings. The predicted molar refractivity (Wildman–Crippen MR) is 152 cm³/mol. The fourth-order valence-electron chi connectivity index (χ4n) is 4.72. The van der Waals surface area contributed by atoms with Gasteiger partial charge in [-0.25, -0.2) is 9.37 Å². The number of fused-ring (bicyclic) bond motifs is 1. The zero-order chi connectivity index (χ0) is 26.5. The quantitative estimate of drug-likeness (QED) is 0.141. The summed E-state index contributed by atoms with van der Waals surface area (Å²) in [5, 5.41) is 6.81. The first-order valence-corrected chi connectivity index (χ1v) is 14.4. The summed E-state index contributed by atoms with van der Waals surface area (Å²) in [6.45, 7) is 6.17. The highest BCUT2D eigenvalue weighted by Crippen LogP contribution is 2.35. The Morgan fingerprint density at radius 3 is 2.82 bits per heavy atom. The second-order valence-electron chi connectivity index (χ2n) is 9.94. The second kappa shape index (κ2) is 12.8. The molecule has 204 valence electrons. The zero-order valence-corrected chi connectivity index (χ0v) is 23.6. The maximum atomic E-state index is 15.9. The summed E-state index contributed by atoms with van der Waals surface area (Å²) >= 11 is 9.78. The van der Waals surface area contributed by atoms with Gasteiger partial charge in [0, 0.05) is 42.8 Å². The smallest absolute Gasteiger partial charge is 0.181 e. The first-order chi connectivity index (χ1) is 18.5. The summed E-state index contributed by atoms with van der Waals surface area (Å²) in [5.41, 5.74) is 4.33. The van der Waals surface area contributed by atoms with E-state index in [-0.39, 0.29) is 29.1 Å². The predicted octanol–water partition coefficient (Wildman–Crippen LogP) is 5.13. The van der Waals surface area contributed by atoms with Gasteiger partial charge in [-0.3, -0.25) is 4.79 Å². The number of Topliss-reactive ketones (excluding diaryl/α,β-unsaturated/α-hetero) is 1. The van der Waals surface area contributed by atoms with Gasteiger partial charge >= 0.3 is 0 Å². The number of aryl methyl sites for hydroxylation is 1. The SMILES string of the molecule is O=C(CNOCCC1CC1)c1cc2c(ncn2CCCN2CCNCC2)c(F)c1Nc1ccc(Br)cc1Cl. The number of anilines is 2.